The van der Waals surface area contributed by atoms with Crippen LogP contribution in [0.5, 0.6) is 0 Å². The lowest BCUT2D eigenvalue weighted by molar-refractivity contribution is -0.215. The van der Waals surface area contributed by atoms with Crippen LogP contribution in [0.4, 0.5) is 0 Å². The van der Waals surface area contributed by atoms with Crippen molar-refractivity contribution in [2.45, 2.75) is 19.6 Å². The van der Waals surface area contributed by atoms with Crippen molar-refractivity contribution in [1.29, 1.82) is 0 Å². The van der Waals surface area contributed by atoms with Crippen LogP contribution in [0.1, 0.15) is 13.8 Å². The number of ketones is 1. The SMILES string of the molecule is CC(=O)OC1(C)OCC=CC1=O. The molecule has 0 N–H and O–H groups in total. The molecule has 0 amide bonds. The average Bonchev–Trinajstić information content (AvgIpc) is 1.94. The van der Waals surface area contributed by atoms with Crippen LogP contribution < -0.4 is 0 Å². The molecule has 1 unspecified atom stereocenters. The maximum atomic E-state index is 11.2. The van der Waals surface area contributed by atoms with Crippen LogP contribution in [0.25, 0.3) is 0 Å². The second kappa shape index (κ2) is 3.06. The van der Waals surface area contributed by atoms with E-state index in [4.69, 9.17) is 9.47 Å². The number of carbonyl (C=O) groups is 2. The van der Waals surface area contributed by atoms with Gasteiger partial charge in [-0.3, -0.25) is 9.59 Å². The highest BCUT2D eigenvalue weighted by molar-refractivity contribution is 5.97. The Kier molecular flexibility index (Phi) is 2.28. The number of esters is 1. The lowest BCUT2D eigenvalue weighted by Gasteiger charge is -2.27. The number of carbonyl (C=O) groups excluding carboxylic acids is 2. The molecule has 1 atom stereocenters. The van der Waals surface area contributed by atoms with Gasteiger partial charge in [0.25, 0.3) is 5.79 Å². The molecule has 4 nitrogen and oxygen atoms in total. The molecule has 0 aliphatic carbocycles. The molecule has 0 aromatic heterocycles. The van der Waals surface area contributed by atoms with E-state index in [0.29, 0.717) is 0 Å². The van der Waals surface area contributed by atoms with Gasteiger partial charge in [-0.15, -0.1) is 0 Å². The van der Waals surface area contributed by atoms with Gasteiger partial charge in [0, 0.05) is 13.8 Å². The van der Waals surface area contributed by atoms with E-state index < -0.39 is 11.8 Å². The van der Waals surface area contributed by atoms with Gasteiger partial charge in [-0.1, -0.05) is 6.08 Å². The largest absolute Gasteiger partial charge is 0.425 e. The van der Waals surface area contributed by atoms with E-state index in [2.05, 4.69) is 0 Å². The molecule has 0 fully saturated rings. The maximum Gasteiger partial charge on any atom is 0.305 e. The third-order valence-corrected chi connectivity index (χ3v) is 1.51. The summed E-state index contributed by atoms with van der Waals surface area (Å²) in [5.74, 6) is -2.29. The second-order valence-corrected chi connectivity index (χ2v) is 2.62. The fourth-order valence-electron chi connectivity index (χ4n) is 0.939. The molecular formula is C8H10O4. The summed E-state index contributed by atoms with van der Waals surface area (Å²) in [7, 11) is 0. The highest BCUT2D eigenvalue weighted by Gasteiger charge is 2.37. The molecule has 1 rings (SSSR count). The first-order chi connectivity index (χ1) is 5.54. The lowest BCUT2D eigenvalue weighted by atomic mass is 10.1. The molecule has 12 heavy (non-hydrogen) atoms. The zero-order valence-corrected chi connectivity index (χ0v) is 6.99. The first kappa shape index (κ1) is 8.93. The maximum absolute atomic E-state index is 11.2. The molecule has 0 radical (unpaired) electrons. The van der Waals surface area contributed by atoms with Crippen LogP contribution in [-0.2, 0) is 19.1 Å². The van der Waals surface area contributed by atoms with E-state index in [1.807, 2.05) is 0 Å². The highest BCUT2D eigenvalue weighted by Crippen LogP contribution is 2.18. The van der Waals surface area contributed by atoms with Crippen molar-refractivity contribution in [2.75, 3.05) is 6.61 Å². The van der Waals surface area contributed by atoms with Crippen LogP contribution in [0.15, 0.2) is 12.2 Å². The van der Waals surface area contributed by atoms with Crippen LogP contribution in [0.2, 0.25) is 0 Å². The van der Waals surface area contributed by atoms with E-state index in [1.165, 1.54) is 19.9 Å². The molecule has 0 aromatic carbocycles. The monoisotopic (exact) mass is 170 g/mol. The predicted octanol–water partition coefficient (Wildman–Crippen LogP) is 0.421. The molecule has 0 bridgehead atoms. The number of rotatable bonds is 1. The lowest BCUT2D eigenvalue weighted by Crippen LogP contribution is -2.43. The van der Waals surface area contributed by atoms with Gasteiger partial charge in [-0.25, -0.2) is 0 Å². The Hall–Kier alpha value is -1.16. The summed E-state index contributed by atoms with van der Waals surface area (Å²) in [6, 6.07) is 0. The summed E-state index contributed by atoms with van der Waals surface area (Å²) in [5, 5.41) is 0. The van der Waals surface area contributed by atoms with E-state index in [1.54, 1.807) is 6.08 Å². The summed E-state index contributed by atoms with van der Waals surface area (Å²) in [6.45, 7) is 2.95. The predicted molar refractivity (Wildman–Crippen MR) is 40.3 cm³/mol. The molecule has 1 aliphatic rings. The molecule has 0 saturated carbocycles. The van der Waals surface area contributed by atoms with Crippen LogP contribution in [0.3, 0.4) is 0 Å². The fraction of sp³-hybridized carbons (Fsp3) is 0.500. The van der Waals surface area contributed by atoms with Crippen LogP contribution in [-0.4, -0.2) is 24.1 Å². The van der Waals surface area contributed by atoms with Crippen molar-refractivity contribution in [2.24, 2.45) is 0 Å². The number of hydrogen-bond acceptors (Lipinski definition) is 4. The summed E-state index contributed by atoms with van der Waals surface area (Å²) >= 11 is 0. The molecule has 66 valence electrons. The van der Waals surface area contributed by atoms with E-state index in [-0.39, 0.29) is 12.4 Å². The Morgan fingerprint density at radius 2 is 2.42 bits per heavy atom. The molecular weight excluding hydrogens is 160 g/mol. The highest BCUT2D eigenvalue weighted by atomic mass is 16.7. The second-order valence-electron chi connectivity index (χ2n) is 2.62. The summed E-state index contributed by atoms with van der Waals surface area (Å²) in [6.07, 6.45) is 2.93. The molecule has 1 heterocycles. The van der Waals surface area contributed by atoms with Crippen molar-refractivity contribution in [1.82, 2.24) is 0 Å². The Morgan fingerprint density at radius 3 is 2.92 bits per heavy atom. The van der Waals surface area contributed by atoms with Crippen LogP contribution >= 0.6 is 0 Å². The molecule has 4 heteroatoms. The van der Waals surface area contributed by atoms with Gasteiger partial charge in [0.1, 0.15) is 0 Å². The van der Waals surface area contributed by atoms with Crippen molar-refractivity contribution in [3.8, 4) is 0 Å². The minimum absolute atomic E-state index is 0.287. The standard InChI is InChI=1S/C8H10O4/c1-6(9)12-8(2)7(10)4-3-5-11-8/h3-4H,5H2,1-2H3. The smallest absolute Gasteiger partial charge is 0.305 e. The van der Waals surface area contributed by atoms with Crippen molar-refractivity contribution >= 4 is 11.8 Å². The van der Waals surface area contributed by atoms with Crippen LogP contribution in [0, 0.1) is 0 Å². The Balaban J connectivity index is 2.75. The number of hydrogen-bond donors (Lipinski definition) is 0. The fourth-order valence-corrected chi connectivity index (χ4v) is 0.939. The van der Waals surface area contributed by atoms with Gasteiger partial charge >= 0.3 is 5.97 Å². The zero-order valence-electron chi connectivity index (χ0n) is 6.99. The Morgan fingerprint density at radius 1 is 1.75 bits per heavy atom. The van der Waals surface area contributed by atoms with Gasteiger partial charge in [-0.2, -0.15) is 0 Å². The third-order valence-electron chi connectivity index (χ3n) is 1.51. The minimum atomic E-state index is -1.42. The molecule has 0 aromatic rings. The summed E-state index contributed by atoms with van der Waals surface area (Å²) < 4.78 is 9.74. The first-order valence-electron chi connectivity index (χ1n) is 3.59. The summed E-state index contributed by atoms with van der Waals surface area (Å²) in [4.78, 5) is 21.7. The molecule has 1 aliphatic heterocycles. The van der Waals surface area contributed by atoms with E-state index in [0.717, 1.165) is 0 Å². The normalized spacial score (nSPS) is 28.7. The minimum Gasteiger partial charge on any atom is -0.425 e. The van der Waals surface area contributed by atoms with E-state index in [9.17, 15) is 9.59 Å². The zero-order chi connectivity index (χ0) is 9.19. The molecule has 0 saturated heterocycles. The summed E-state index contributed by atoms with van der Waals surface area (Å²) in [5.41, 5.74) is 0. The van der Waals surface area contributed by atoms with Gasteiger partial charge in [-0.05, 0) is 6.08 Å². The quantitative estimate of drug-likeness (QED) is 0.535. The topological polar surface area (TPSA) is 52.6 Å². The van der Waals surface area contributed by atoms with Gasteiger partial charge in [0.15, 0.2) is 0 Å². The average molecular weight is 170 g/mol. The Bertz CT molecular complexity index is 243. The van der Waals surface area contributed by atoms with Crippen molar-refractivity contribution in [3.63, 3.8) is 0 Å². The number of ether oxygens (including phenoxy) is 2. The third kappa shape index (κ3) is 1.71. The van der Waals surface area contributed by atoms with E-state index >= 15 is 0 Å². The van der Waals surface area contributed by atoms with Gasteiger partial charge < -0.3 is 9.47 Å². The van der Waals surface area contributed by atoms with Gasteiger partial charge in [0.2, 0.25) is 5.78 Å². The first-order valence-corrected chi connectivity index (χ1v) is 3.59. The van der Waals surface area contributed by atoms with Crippen molar-refractivity contribution in [3.05, 3.63) is 12.2 Å². The van der Waals surface area contributed by atoms with Gasteiger partial charge in [0.05, 0.1) is 6.61 Å². The van der Waals surface area contributed by atoms with Crippen molar-refractivity contribution < 1.29 is 19.1 Å². The Labute approximate surface area is 70.1 Å². The molecule has 0 spiro atoms.